The van der Waals surface area contributed by atoms with Gasteiger partial charge in [0.15, 0.2) is 0 Å². The number of hydrogen-bond donors (Lipinski definition) is 0. The van der Waals surface area contributed by atoms with Crippen LogP contribution in [0.5, 0.6) is 0 Å². The first-order valence-corrected chi connectivity index (χ1v) is 8.52. The van der Waals surface area contributed by atoms with Crippen molar-refractivity contribution in [3.05, 3.63) is 64.1 Å². The number of rotatable bonds is 5. The highest BCUT2D eigenvalue weighted by Gasteiger charge is 2.31. The zero-order valence-electron chi connectivity index (χ0n) is 11.9. The van der Waals surface area contributed by atoms with E-state index in [1.165, 1.54) is 36.4 Å². The molecule has 0 aliphatic carbocycles. The third-order valence-corrected chi connectivity index (χ3v) is 4.82. The molecular formula is C15H12Cl2O5S. The van der Waals surface area contributed by atoms with Crippen LogP contribution in [0.3, 0.4) is 0 Å². The fourth-order valence-electron chi connectivity index (χ4n) is 1.80. The van der Waals surface area contributed by atoms with Crippen LogP contribution in [0, 0.1) is 0 Å². The first-order valence-electron chi connectivity index (χ1n) is 6.36. The van der Waals surface area contributed by atoms with E-state index in [9.17, 15) is 13.2 Å². The van der Waals surface area contributed by atoms with Crippen molar-refractivity contribution in [3.8, 4) is 0 Å². The molecule has 5 nitrogen and oxygen atoms in total. The van der Waals surface area contributed by atoms with E-state index in [1.54, 1.807) is 12.1 Å². The van der Waals surface area contributed by atoms with E-state index in [2.05, 4.69) is 4.74 Å². The summed E-state index contributed by atoms with van der Waals surface area (Å²) in [5, 5.41) is 0.564. The Kier molecular flexibility index (Phi) is 5.64. The summed E-state index contributed by atoms with van der Waals surface area (Å²) in [6.45, 7) is 0. The zero-order chi connectivity index (χ0) is 17.0. The predicted octanol–water partition coefficient (Wildman–Crippen LogP) is 3.61. The standard InChI is InChI=1S/C15H12Cl2O5S/c1-21-15(18)14(12-4-2-3-5-13(12)17)22-23(19,20)11-8-6-10(16)7-9-11/h2-9,14H,1H3/t14-/m1/s1. The van der Waals surface area contributed by atoms with Crippen LogP contribution in [-0.2, 0) is 23.8 Å². The number of ether oxygens (including phenoxy) is 1. The van der Waals surface area contributed by atoms with Gasteiger partial charge in [-0.25, -0.2) is 8.98 Å². The molecule has 0 saturated carbocycles. The summed E-state index contributed by atoms with van der Waals surface area (Å²) in [6, 6.07) is 11.6. The molecular weight excluding hydrogens is 363 g/mol. The van der Waals surface area contributed by atoms with Crippen molar-refractivity contribution in [3.63, 3.8) is 0 Å². The number of hydrogen-bond acceptors (Lipinski definition) is 5. The Morgan fingerprint density at radius 1 is 1.04 bits per heavy atom. The Hall–Kier alpha value is -1.60. The maximum Gasteiger partial charge on any atom is 0.341 e. The monoisotopic (exact) mass is 374 g/mol. The Labute approximate surface area is 143 Å². The summed E-state index contributed by atoms with van der Waals surface area (Å²) in [4.78, 5) is 11.8. The number of halogens is 2. The summed E-state index contributed by atoms with van der Waals surface area (Å²) >= 11 is 11.7. The molecule has 0 bridgehead atoms. The molecule has 0 fully saturated rings. The van der Waals surface area contributed by atoms with Crippen LogP contribution < -0.4 is 0 Å². The van der Waals surface area contributed by atoms with Crippen LogP contribution >= 0.6 is 23.2 Å². The molecule has 0 spiro atoms. The number of carbonyl (C=O) groups excluding carboxylic acids is 1. The molecule has 122 valence electrons. The summed E-state index contributed by atoms with van der Waals surface area (Å²) in [7, 11) is -3.08. The normalized spacial score (nSPS) is 12.7. The third-order valence-electron chi connectivity index (χ3n) is 2.93. The van der Waals surface area contributed by atoms with Gasteiger partial charge in [0.25, 0.3) is 10.1 Å². The van der Waals surface area contributed by atoms with E-state index in [1.807, 2.05) is 0 Å². The highest BCUT2D eigenvalue weighted by molar-refractivity contribution is 7.86. The third kappa shape index (κ3) is 4.23. The summed E-state index contributed by atoms with van der Waals surface area (Å²) in [5.74, 6) is -0.879. The van der Waals surface area contributed by atoms with E-state index < -0.39 is 22.2 Å². The van der Waals surface area contributed by atoms with E-state index in [0.29, 0.717) is 5.02 Å². The van der Waals surface area contributed by atoms with Gasteiger partial charge in [-0.15, -0.1) is 0 Å². The Balaban J connectivity index is 2.40. The molecule has 0 amide bonds. The number of carbonyl (C=O) groups is 1. The summed E-state index contributed by atoms with van der Waals surface area (Å²) in [6.07, 6.45) is -1.51. The molecule has 2 rings (SSSR count). The first kappa shape index (κ1) is 17.7. The lowest BCUT2D eigenvalue weighted by Gasteiger charge is -2.17. The molecule has 8 heteroatoms. The van der Waals surface area contributed by atoms with Crippen molar-refractivity contribution in [1.29, 1.82) is 0 Å². The summed E-state index contributed by atoms with van der Waals surface area (Å²) < 4.78 is 34.4. The molecule has 2 aromatic carbocycles. The molecule has 0 unspecified atom stereocenters. The van der Waals surface area contributed by atoms with Crippen molar-refractivity contribution in [2.75, 3.05) is 7.11 Å². The Morgan fingerprint density at radius 3 is 2.22 bits per heavy atom. The fraction of sp³-hybridized carbons (Fsp3) is 0.133. The molecule has 1 atom stereocenters. The van der Waals surface area contributed by atoms with Crippen LogP contribution in [-0.4, -0.2) is 21.5 Å². The van der Waals surface area contributed by atoms with Gasteiger partial charge in [-0.3, -0.25) is 0 Å². The number of methoxy groups -OCH3 is 1. The maximum atomic E-state index is 12.3. The molecule has 2 aromatic rings. The van der Waals surface area contributed by atoms with Crippen molar-refractivity contribution in [2.24, 2.45) is 0 Å². The van der Waals surface area contributed by atoms with Crippen LogP contribution in [0.25, 0.3) is 0 Å². The van der Waals surface area contributed by atoms with Gasteiger partial charge in [-0.2, -0.15) is 8.42 Å². The second-order valence-electron chi connectivity index (χ2n) is 4.43. The smallest absolute Gasteiger partial charge is 0.341 e. The van der Waals surface area contributed by atoms with E-state index >= 15 is 0 Å². The van der Waals surface area contributed by atoms with E-state index in [-0.39, 0.29) is 15.5 Å². The van der Waals surface area contributed by atoms with Gasteiger partial charge in [0.05, 0.1) is 12.0 Å². The van der Waals surface area contributed by atoms with Gasteiger partial charge in [-0.05, 0) is 30.3 Å². The summed E-state index contributed by atoms with van der Waals surface area (Å²) in [5.41, 5.74) is 0.193. The predicted molar refractivity (Wildman–Crippen MR) is 85.9 cm³/mol. The first-order chi connectivity index (χ1) is 10.8. The average molecular weight is 375 g/mol. The minimum Gasteiger partial charge on any atom is -0.467 e. The van der Waals surface area contributed by atoms with Gasteiger partial charge < -0.3 is 4.74 Å². The lowest BCUT2D eigenvalue weighted by atomic mass is 10.1. The van der Waals surface area contributed by atoms with Gasteiger partial charge in [-0.1, -0.05) is 41.4 Å². The second-order valence-corrected chi connectivity index (χ2v) is 6.84. The molecule has 0 saturated heterocycles. The quantitative estimate of drug-likeness (QED) is 0.590. The number of benzene rings is 2. The average Bonchev–Trinajstić information content (AvgIpc) is 2.53. The van der Waals surface area contributed by atoms with E-state index in [4.69, 9.17) is 27.4 Å². The van der Waals surface area contributed by atoms with Crippen molar-refractivity contribution >= 4 is 39.3 Å². The zero-order valence-corrected chi connectivity index (χ0v) is 14.2. The van der Waals surface area contributed by atoms with Crippen LogP contribution in [0.2, 0.25) is 10.0 Å². The topological polar surface area (TPSA) is 69.7 Å². The van der Waals surface area contributed by atoms with Crippen molar-refractivity contribution in [1.82, 2.24) is 0 Å². The lowest BCUT2D eigenvalue weighted by Crippen LogP contribution is -2.21. The minimum absolute atomic E-state index is 0.136. The maximum absolute atomic E-state index is 12.3. The Bertz CT molecular complexity index is 803. The van der Waals surface area contributed by atoms with Crippen LogP contribution in [0.15, 0.2) is 53.4 Å². The highest BCUT2D eigenvalue weighted by atomic mass is 35.5. The largest absolute Gasteiger partial charge is 0.467 e. The van der Waals surface area contributed by atoms with Crippen molar-refractivity contribution < 1.29 is 22.1 Å². The van der Waals surface area contributed by atoms with Gasteiger partial charge in [0.2, 0.25) is 6.10 Å². The second kappa shape index (κ2) is 7.31. The molecule has 0 N–H and O–H groups in total. The van der Waals surface area contributed by atoms with Crippen LogP contribution in [0.4, 0.5) is 0 Å². The van der Waals surface area contributed by atoms with Gasteiger partial charge in [0.1, 0.15) is 0 Å². The lowest BCUT2D eigenvalue weighted by molar-refractivity contribution is -0.149. The highest BCUT2D eigenvalue weighted by Crippen LogP contribution is 2.30. The van der Waals surface area contributed by atoms with E-state index in [0.717, 1.165) is 7.11 Å². The Morgan fingerprint density at radius 2 is 1.65 bits per heavy atom. The SMILES string of the molecule is COC(=O)[C@H](OS(=O)(=O)c1ccc(Cl)cc1)c1ccccc1Cl. The molecule has 0 radical (unpaired) electrons. The van der Waals surface area contributed by atoms with Crippen LogP contribution in [0.1, 0.15) is 11.7 Å². The molecule has 0 aromatic heterocycles. The number of esters is 1. The van der Waals surface area contributed by atoms with Gasteiger partial charge >= 0.3 is 5.97 Å². The molecule has 0 aliphatic rings. The molecule has 23 heavy (non-hydrogen) atoms. The fourth-order valence-corrected chi connectivity index (χ4v) is 3.17. The van der Waals surface area contributed by atoms with Gasteiger partial charge in [0, 0.05) is 15.6 Å². The molecule has 0 aliphatic heterocycles. The minimum atomic E-state index is -4.21. The molecule has 0 heterocycles. The van der Waals surface area contributed by atoms with Crippen molar-refractivity contribution in [2.45, 2.75) is 11.0 Å².